The molecule has 0 saturated carbocycles. The highest BCUT2D eigenvalue weighted by Crippen LogP contribution is 2.13. The lowest BCUT2D eigenvalue weighted by Crippen LogP contribution is -2.30. The van der Waals surface area contributed by atoms with Gasteiger partial charge in [-0.3, -0.25) is 9.59 Å². The topological polar surface area (TPSA) is 61.8 Å². The molecule has 0 aromatic rings. The second kappa shape index (κ2) is 46.7. The summed E-state index contributed by atoms with van der Waals surface area (Å²) in [5.74, 6) is -0.456. The standard InChI is InChI=1S/C51H88O5/c1-4-7-10-13-16-19-21-23-25-26-28-29-31-33-35-38-41-44-50(52)55-48-49(47-54-46-43-40-37-18-15-12-9-6-3)56-51(53)45-42-39-36-34-32-30-27-24-22-20-17-14-11-8-5-2/h8,11,16-17,19-20,23-25,27,32,34,49H,4-7,9-10,12-15,18,21-22,26,28-31,33,35-48H2,1-3H3/b11-8-,19-16-,20-17-,25-23-,27-24-,34-32-. The Morgan fingerprint density at radius 1 is 0.411 bits per heavy atom. The van der Waals surface area contributed by atoms with E-state index in [1.54, 1.807) is 0 Å². The van der Waals surface area contributed by atoms with Crippen molar-refractivity contribution in [1.82, 2.24) is 0 Å². The number of rotatable bonds is 42. The van der Waals surface area contributed by atoms with Gasteiger partial charge < -0.3 is 14.2 Å². The minimum atomic E-state index is -0.559. The molecule has 0 rings (SSSR count). The van der Waals surface area contributed by atoms with Crippen molar-refractivity contribution >= 4 is 11.9 Å². The van der Waals surface area contributed by atoms with E-state index >= 15 is 0 Å². The lowest BCUT2D eigenvalue weighted by molar-refractivity contribution is -0.163. The molecule has 5 heteroatoms. The van der Waals surface area contributed by atoms with E-state index in [0.29, 0.717) is 19.4 Å². The summed E-state index contributed by atoms with van der Waals surface area (Å²) >= 11 is 0. The van der Waals surface area contributed by atoms with Gasteiger partial charge in [0.2, 0.25) is 0 Å². The number of ether oxygens (including phenoxy) is 3. The SMILES string of the molecule is CC/C=C\C/C=C\C/C=C\C/C=C\CCCCC(=O)OC(COCCCCCCCCCC)COC(=O)CCCCCCCCC/C=C\C/C=C\CCCCC. The highest BCUT2D eigenvalue weighted by Gasteiger charge is 2.17. The van der Waals surface area contributed by atoms with Gasteiger partial charge in [0.15, 0.2) is 6.10 Å². The minimum absolute atomic E-state index is 0.0631. The molecule has 0 aromatic carbocycles. The zero-order valence-electron chi connectivity index (χ0n) is 36.9. The van der Waals surface area contributed by atoms with Crippen LogP contribution in [0.2, 0.25) is 0 Å². The molecule has 0 aliphatic heterocycles. The second-order valence-electron chi connectivity index (χ2n) is 15.3. The molecule has 0 aromatic heterocycles. The van der Waals surface area contributed by atoms with Gasteiger partial charge in [0.25, 0.3) is 0 Å². The first kappa shape index (κ1) is 53.3. The van der Waals surface area contributed by atoms with Crippen molar-refractivity contribution in [3.05, 3.63) is 72.9 Å². The number of esters is 2. The van der Waals surface area contributed by atoms with Gasteiger partial charge in [-0.25, -0.2) is 0 Å². The Morgan fingerprint density at radius 3 is 1.36 bits per heavy atom. The Kier molecular flexibility index (Phi) is 44.5. The first-order valence-corrected chi connectivity index (χ1v) is 23.5. The lowest BCUT2D eigenvalue weighted by Gasteiger charge is -2.18. The largest absolute Gasteiger partial charge is 0.462 e. The first-order valence-electron chi connectivity index (χ1n) is 23.5. The van der Waals surface area contributed by atoms with E-state index in [1.165, 1.54) is 96.3 Å². The third-order valence-electron chi connectivity index (χ3n) is 9.73. The molecule has 0 heterocycles. The van der Waals surface area contributed by atoms with E-state index in [4.69, 9.17) is 14.2 Å². The van der Waals surface area contributed by atoms with E-state index in [0.717, 1.165) is 83.5 Å². The van der Waals surface area contributed by atoms with Crippen molar-refractivity contribution in [3.8, 4) is 0 Å². The fourth-order valence-electron chi connectivity index (χ4n) is 6.24. The van der Waals surface area contributed by atoms with Crippen molar-refractivity contribution in [2.75, 3.05) is 19.8 Å². The molecule has 0 bridgehead atoms. The number of hydrogen-bond acceptors (Lipinski definition) is 5. The fraction of sp³-hybridized carbons (Fsp3) is 0.725. The van der Waals surface area contributed by atoms with E-state index in [9.17, 15) is 9.59 Å². The van der Waals surface area contributed by atoms with Gasteiger partial charge in [-0.1, -0.05) is 184 Å². The Bertz CT molecular complexity index is 1020. The van der Waals surface area contributed by atoms with Crippen LogP contribution in [0.25, 0.3) is 0 Å². The first-order chi connectivity index (χ1) is 27.6. The molecule has 1 atom stereocenters. The Morgan fingerprint density at radius 2 is 0.804 bits per heavy atom. The molecule has 0 radical (unpaired) electrons. The van der Waals surface area contributed by atoms with Crippen LogP contribution < -0.4 is 0 Å². The molecule has 0 aliphatic carbocycles. The third kappa shape index (κ3) is 44.1. The van der Waals surface area contributed by atoms with Gasteiger partial charge in [-0.2, -0.15) is 0 Å². The average molecular weight is 781 g/mol. The highest BCUT2D eigenvalue weighted by atomic mass is 16.6. The van der Waals surface area contributed by atoms with Gasteiger partial charge in [0, 0.05) is 19.4 Å². The quantitative estimate of drug-likeness (QED) is 0.0351. The molecular formula is C51H88O5. The van der Waals surface area contributed by atoms with Crippen LogP contribution in [0.1, 0.15) is 213 Å². The lowest BCUT2D eigenvalue weighted by atomic mass is 10.1. The Labute approximate surface area is 347 Å². The number of unbranched alkanes of at least 4 members (excludes halogenated alkanes) is 19. The summed E-state index contributed by atoms with van der Waals surface area (Å²) in [5, 5.41) is 0. The van der Waals surface area contributed by atoms with E-state index in [-0.39, 0.29) is 25.2 Å². The molecule has 0 N–H and O–H groups in total. The third-order valence-corrected chi connectivity index (χ3v) is 9.73. The summed E-state index contributed by atoms with van der Waals surface area (Å²) in [5.41, 5.74) is 0. The minimum Gasteiger partial charge on any atom is -0.462 e. The molecule has 1 unspecified atom stereocenters. The summed E-state index contributed by atoms with van der Waals surface area (Å²) in [4.78, 5) is 25.2. The molecule has 0 saturated heterocycles. The maximum absolute atomic E-state index is 12.7. The second-order valence-corrected chi connectivity index (χ2v) is 15.3. The van der Waals surface area contributed by atoms with Crippen LogP contribution in [0.5, 0.6) is 0 Å². The summed E-state index contributed by atoms with van der Waals surface area (Å²) in [6.07, 6.45) is 59.0. The summed E-state index contributed by atoms with van der Waals surface area (Å²) < 4.78 is 17.2. The number of carbonyl (C=O) groups excluding carboxylic acids is 2. The zero-order chi connectivity index (χ0) is 40.7. The van der Waals surface area contributed by atoms with Crippen LogP contribution in [-0.2, 0) is 23.8 Å². The van der Waals surface area contributed by atoms with E-state index in [2.05, 4.69) is 93.7 Å². The van der Waals surface area contributed by atoms with Gasteiger partial charge in [-0.05, 0) is 89.9 Å². The van der Waals surface area contributed by atoms with Crippen LogP contribution in [0.3, 0.4) is 0 Å². The fourth-order valence-corrected chi connectivity index (χ4v) is 6.24. The van der Waals surface area contributed by atoms with Crippen LogP contribution in [0.4, 0.5) is 0 Å². The Balaban J connectivity index is 4.27. The van der Waals surface area contributed by atoms with E-state index in [1.807, 2.05) is 0 Å². The molecule has 322 valence electrons. The monoisotopic (exact) mass is 781 g/mol. The molecule has 5 nitrogen and oxygen atoms in total. The predicted octanol–water partition coefficient (Wildman–Crippen LogP) is 15.6. The Hall–Kier alpha value is -2.66. The van der Waals surface area contributed by atoms with Crippen LogP contribution in [0, 0.1) is 0 Å². The molecule has 0 fully saturated rings. The van der Waals surface area contributed by atoms with Crippen molar-refractivity contribution in [1.29, 1.82) is 0 Å². The van der Waals surface area contributed by atoms with Crippen molar-refractivity contribution in [2.45, 2.75) is 219 Å². The zero-order valence-corrected chi connectivity index (χ0v) is 36.9. The maximum atomic E-state index is 12.7. The summed E-state index contributed by atoms with van der Waals surface area (Å²) in [6, 6.07) is 0. The number of carbonyl (C=O) groups is 2. The van der Waals surface area contributed by atoms with Gasteiger partial charge >= 0.3 is 11.9 Å². The van der Waals surface area contributed by atoms with Crippen molar-refractivity contribution in [3.63, 3.8) is 0 Å². The molecule has 0 amide bonds. The highest BCUT2D eigenvalue weighted by molar-refractivity contribution is 5.70. The maximum Gasteiger partial charge on any atom is 0.306 e. The molecular weight excluding hydrogens is 693 g/mol. The molecule has 0 spiro atoms. The van der Waals surface area contributed by atoms with Gasteiger partial charge in [-0.15, -0.1) is 0 Å². The van der Waals surface area contributed by atoms with Crippen LogP contribution >= 0.6 is 0 Å². The predicted molar refractivity (Wildman–Crippen MR) is 242 cm³/mol. The van der Waals surface area contributed by atoms with E-state index < -0.39 is 6.10 Å². The molecule has 0 aliphatic rings. The van der Waals surface area contributed by atoms with Crippen molar-refractivity contribution in [2.24, 2.45) is 0 Å². The number of hydrogen-bond donors (Lipinski definition) is 0. The normalized spacial score (nSPS) is 12.8. The molecule has 56 heavy (non-hydrogen) atoms. The smallest absolute Gasteiger partial charge is 0.306 e. The van der Waals surface area contributed by atoms with Gasteiger partial charge in [0.05, 0.1) is 6.61 Å². The summed E-state index contributed by atoms with van der Waals surface area (Å²) in [7, 11) is 0. The number of allylic oxidation sites excluding steroid dienone is 12. The van der Waals surface area contributed by atoms with Gasteiger partial charge in [0.1, 0.15) is 6.61 Å². The van der Waals surface area contributed by atoms with Crippen molar-refractivity contribution < 1.29 is 23.8 Å². The summed E-state index contributed by atoms with van der Waals surface area (Å²) in [6.45, 7) is 7.62. The van der Waals surface area contributed by atoms with Crippen LogP contribution in [-0.4, -0.2) is 37.9 Å². The van der Waals surface area contributed by atoms with Crippen LogP contribution in [0.15, 0.2) is 72.9 Å². The average Bonchev–Trinajstić information content (AvgIpc) is 3.20.